The van der Waals surface area contributed by atoms with Crippen molar-refractivity contribution < 1.29 is 22.7 Å². The van der Waals surface area contributed by atoms with Gasteiger partial charge >= 0.3 is 6.36 Å². The standard InChI is InChI=1S/C13H10F3N3O2/c1-19(12(20)11-17-7-2-8-18-11)9-3-5-10(6-4-9)21-13(14,15)16/h2-8H,1H3. The number of hydrogen-bond acceptors (Lipinski definition) is 4. The topological polar surface area (TPSA) is 55.3 Å². The van der Waals surface area contributed by atoms with Crippen molar-refractivity contribution in [1.29, 1.82) is 0 Å². The van der Waals surface area contributed by atoms with E-state index in [2.05, 4.69) is 14.7 Å². The number of anilines is 1. The third kappa shape index (κ3) is 3.91. The number of hydrogen-bond donors (Lipinski definition) is 0. The van der Waals surface area contributed by atoms with E-state index in [-0.39, 0.29) is 11.6 Å². The van der Waals surface area contributed by atoms with Crippen LogP contribution in [-0.2, 0) is 0 Å². The van der Waals surface area contributed by atoms with Crippen LogP contribution in [0, 0.1) is 0 Å². The highest BCUT2D eigenvalue weighted by Gasteiger charge is 2.31. The van der Waals surface area contributed by atoms with Gasteiger partial charge in [0.2, 0.25) is 5.82 Å². The molecule has 1 aromatic carbocycles. The van der Waals surface area contributed by atoms with Gasteiger partial charge in [0.05, 0.1) is 0 Å². The van der Waals surface area contributed by atoms with Gasteiger partial charge in [-0.3, -0.25) is 4.79 Å². The molecule has 0 unspecified atom stereocenters. The van der Waals surface area contributed by atoms with E-state index in [1.807, 2.05) is 0 Å². The average molecular weight is 297 g/mol. The molecule has 1 aromatic heterocycles. The van der Waals surface area contributed by atoms with Crippen molar-refractivity contribution in [3.63, 3.8) is 0 Å². The molecule has 1 heterocycles. The third-order valence-electron chi connectivity index (χ3n) is 2.52. The lowest BCUT2D eigenvalue weighted by Gasteiger charge is -2.17. The van der Waals surface area contributed by atoms with E-state index in [0.29, 0.717) is 5.69 Å². The first-order chi connectivity index (χ1) is 9.87. The van der Waals surface area contributed by atoms with Crippen LogP contribution in [0.5, 0.6) is 5.75 Å². The lowest BCUT2D eigenvalue weighted by atomic mass is 10.2. The number of amides is 1. The first-order valence-electron chi connectivity index (χ1n) is 5.78. The van der Waals surface area contributed by atoms with Crippen molar-refractivity contribution in [1.82, 2.24) is 9.97 Å². The molecule has 21 heavy (non-hydrogen) atoms. The predicted octanol–water partition coefficient (Wildman–Crippen LogP) is 2.65. The maximum absolute atomic E-state index is 12.0. The Morgan fingerprint density at radius 3 is 2.24 bits per heavy atom. The molecule has 0 radical (unpaired) electrons. The van der Waals surface area contributed by atoms with Gasteiger partial charge in [0.25, 0.3) is 5.91 Å². The molecule has 0 saturated heterocycles. The Bertz CT molecular complexity index is 615. The van der Waals surface area contributed by atoms with Crippen molar-refractivity contribution in [2.45, 2.75) is 6.36 Å². The van der Waals surface area contributed by atoms with Crippen molar-refractivity contribution in [2.24, 2.45) is 0 Å². The molecule has 2 aromatic rings. The molecule has 0 bridgehead atoms. The summed E-state index contributed by atoms with van der Waals surface area (Å²) < 4.78 is 39.9. The van der Waals surface area contributed by atoms with Crippen LogP contribution in [0.3, 0.4) is 0 Å². The zero-order valence-corrected chi connectivity index (χ0v) is 10.8. The van der Waals surface area contributed by atoms with Crippen molar-refractivity contribution in [3.8, 4) is 5.75 Å². The van der Waals surface area contributed by atoms with Crippen molar-refractivity contribution in [3.05, 3.63) is 48.5 Å². The fraction of sp³-hybridized carbons (Fsp3) is 0.154. The largest absolute Gasteiger partial charge is 0.573 e. The lowest BCUT2D eigenvalue weighted by Crippen LogP contribution is -2.27. The zero-order chi connectivity index (χ0) is 15.5. The molecule has 0 atom stereocenters. The number of benzene rings is 1. The number of nitrogens with zero attached hydrogens (tertiary/aromatic N) is 3. The minimum atomic E-state index is -4.75. The summed E-state index contributed by atoms with van der Waals surface area (Å²) in [7, 11) is 1.47. The molecular formula is C13H10F3N3O2. The predicted molar refractivity (Wildman–Crippen MR) is 67.9 cm³/mol. The monoisotopic (exact) mass is 297 g/mol. The first-order valence-corrected chi connectivity index (χ1v) is 5.78. The average Bonchev–Trinajstić information content (AvgIpc) is 2.46. The summed E-state index contributed by atoms with van der Waals surface area (Å²) in [6.07, 6.45) is -1.90. The zero-order valence-electron chi connectivity index (χ0n) is 10.8. The molecule has 5 nitrogen and oxygen atoms in total. The third-order valence-corrected chi connectivity index (χ3v) is 2.52. The van der Waals surface area contributed by atoms with Gasteiger partial charge in [0.1, 0.15) is 5.75 Å². The fourth-order valence-corrected chi connectivity index (χ4v) is 1.55. The van der Waals surface area contributed by atoms with Crippen LogP contribution in [0.25, 0.3) is 0 Å². The number of aromatic nitrogens is 2. The Morgan fingerprint density at radius 1 is 1.14 bits per heavy atom. The number of ether oxygens (including phenoxy) is 1. The summed E-state index contributed by atoms with van der Waals surface area (Å²) in [6, 6.07) is 6.49. The van der Waals surface area contributed by atoms with Crippen LogP contribution < -0.4 is 9.64 Å². The molecule has 0 fully saturated rings. The van der Waals surface area contributed by atoms with Gasteiger partial charge in [-0.25, -0.2) is 9.97 Å². The number of rotatable bonds is 3. The molecule has 0 aliphatic rings. The molecule has 2 rings (SSSR count). The molecule has 0 aliphatic heterocycles. The second kappa shape index (κ2) is 5.78. The fourth-order valence-electron chi connectivity index (χ4n) is 1.55. The normalized spacial score (nSPS) is 11.0. The Hall–Kier alpha value is -2.64. The summed E-state index contributed by atoms with van der Waals surface area (Å²) in [4.78, 5) is 20.9. The molecule has 0 spiro atoms. The molecule has 110 valence electrons. The summed E-state index contributed by atoms with van der Waals surface area (Å²) >= 11 is 0. The number of halogens is 3. The van der Waals surface area contributed by atoms with E-state index < -0.39 is 12.3 Å². The Kier molecular flexibility index (Phi) is 4.06. The van der Waals surface area contributed by atoms with Crippen LogP contribution >= 0.6 is 0 Å². The summed E-state index contributed by atoms with van der Waals surface area (Å²) in [5, 5.41) is 0. The first kappa shape index (κ1) is 14.8. The smallest absolute Gasteiger partial charge is 0.406 e. The molecule has 0 aliphatic carbocycles. The molecule has 8 heteroatoms. The quantitative estimate of drug-likeness (QED) is 0.874. The van der Waals surface area contributed by atoms with Gasteiger partial charge in [-0.15, -0.1) is 13.2 Å². The minimum absolute atomic E-state index is 0.00406. The van der Waals surface area contributed by atoms with Crippen molar-refractivity contribution >= 4 is 11.6 Å². The molecule has 0 N–H and O–H groups in total. The molecule has 0 saturated carbocycles. The van der Waals surface area contributed by atoms with Crippen molar-refractivity contribution in [2.75, 3.05) is 11.9 Å². The number of carbonyl (C=O) groups excluding carboxylic acids is 1. The molecular weight excluding hydrogens is 287 g/mol. The van der Waals surface area contributed by atoms with Crippen LogP contribution in [0.15, 0.2) is 42.7 Å². The van der Waals surface area contributed by atoms with Gasteiger partial charge in [0.15, 0.2) is 0 Å². The number of alkyl halides is 3. The van der Waals surface area contributed by atoms with Crippen LogP contribution in [0.4, 0.5) is 18.9 Å². The van der Waals surface area contributed by atoms with E-state index in [4.69, 9.17) is 0 Å². The minimum Gasteiger partial charge on any atom is -0.406 e. The second-order valence-corrected chi connectivity index (χ2v) is 3.98. The highest BCUT2D eigenvalue weighted by molar-refractivity contribution is 6.03. The van der Waals surface area contributed by atoms with Crippen LogP contribution in [0.1, 0.15) is 10.6 Å². The number of carbonyl (C=O) groups is 1. The maximum Gasteiger partial charge on any atom is 0.573 e. The summed E-state index contributed by atoms with van der Waals surface area (Å²) in [5.74, 6) is -0.834. The van der Waals surface area contributed by atoms with Gasteiger partial charge in [-0.1, -0.05) is 0 Å². The van der Waals surface area contributed by atoms with E-state index in [1.54, 1.807) is 6.07 Å². The Labute approximate surface area is 118 Å². The SMILES string of the molecule is CN(C(=O)c1ncccn1)c1ccc(OC(F)(F)F)cc1. The van der Waals surface area contributed by atoms with E-state index >= 15 is 0 Å². The van der Waals surface area contributed by atoms with Crippen LogP contribution in [0.2, 0.25) is 0 Å². The Balaban J connectivity index is 2.13. The van der Waals surface area contributed by atoms with Gasteiger partial charge in [0, 0.05) is 25.1 Å². The maximum atomic E-state index is 12.0. The van der Waals surface area contributed by atoms with Gasteiger partial charge in [-0.05, 0) is 30.3 Å². The van der Waals surface area contributed by atoms with E-state index in [0.717, 1.165) is 12.1 Å². The van der Waals surface area contributed by atoms with E-state index in [9.17, 15) is 18.0 Å². The van der Waals surface area contributed by atoms with Gasteiger partial charge < -0.3 is 9.64 Å². The summed E-state index contributed by atoms with van der Waals surface area (Å²) in [6.45, 7) is 0. The Morgan fingerprint density at radius 2 is 1.71 bits per heavy atom. The highest BCUT2D eigenvalue weighted by Crippen LogP contribution is 2.25. The summed E-state index contributed by atoms with van der Waals surface area (Å²) in [5.41, 5.74) is 0.391. The van der Waals surface area contributed by atoms with Gasteiger partial charge in [-0.2, -0.15) is 0 Å². The molecule has 1 amide bonds. The van der Waals surface area contributed by atoms with Crippen LogP contribution in [-0.4, -0.2) is 29.3 Å². The van der Waals surface area contributed by atoms with E-state index in [1.165, 1.54) is 36.5 Å². The second-order valence-electron chi connectivity index (χ2n) is 3.98. The lowest BCUT2D eigenvalue weighted by molar-refractivity contribution is -0.274. The highest BCUT2D eigenvalue weighted by atomic mass is 19.4.